The minimum atomic E-state index is -3.81. The summed E-state index contributed by atoms with van der Waals surface area (Å²) in [6.45, 7) is 3.88. The minimum Gasteiger partial charge on any atom is -0.353 e. The molecule has 1 amide bonds. The monoisotopic (exact) mass is 452 g/mol. The standard InChI is InChI=1S/C20H25BrN2O3S/c1-3-7-16(2)22-20(24)15-23(14-17-8-5-4-6-9-17)27(25,26)19-12-10-18(21)11-13-19/h4-6,8-13,16H,3,7,14-15H2,1-2H3,(H,22,24)/t16-/m0/s1. The SMILES string of the molecule is CCC[C@H](C)NC(=O)CN(Cc1ccccc1)S(=O)(=O)c1ccc(Br)cc1. The normalized spacial score (nSPS) is 12.7. The number of rotatable bonds is 9. The first-order valence-electron chi connectivity index (χ1n) is 8.92. The predicted molar refractivity (Wildman–Crippen MR) is 111 cm³/mol. The molecule has 146 valence electrons. The summed E-state index contributed by atoms with van der Waals surface area (Å²) in [6, 6.07) is 15.7. The highest BCUT2D eigenvalue weighted by molar-refractivity contribution is 9.10. The van der Waals surface area contributed by atoms with Crippen LogP contribution < -0.4 is 5.32 Å². The van der Waals surface area contributed by atoms with E-state index in [4.69, 9.17) is 0 Å². The molecule has 5 nitrogen and oxygen atoms in total. The van der Waals surface area contributed by atoms with Crippen molar-refractivity contribution in [2.45, 2.75) is 44.2 Å². The number of carbonyl (C=O) groups is 1. The maximum Gasteiger partial charge on any atom is 0.243 e. The molecule has 1 N–H and O–H groups in total. The summed E-state index contributed by atoms with van der Waals surface area (Å²) in [5.41, 5.74) is 0.826. The quantitative estimate of drug-likeness (QED) is 0.626. The molecular formula is C20H25BrN2O3S. The lowest BCUT2D eigenvalue weighted by atomic mass is 10.2. The van der Waals surface area contributed by atoms with Crippen molar-refractivity contribution in [1.82, 2.24) is 9.62 Å². The average molecular weight is 453 g/mol. The topological polar surface area (TPSA) is 66.5 Å². The summed E-state index contributed by atoms with van der Waals surface area (Å²) in [5.74, 6) is -0.299. The van der Waals surface area contributed by atoms with E-state index in [9.17, 15) is 13.2 Å². The third-order valence-corrected chi connectivity index (χ3v) is 6.44. The molecule has 0 unspecified atom stereocenters. The van der Waals surface area contributed by atoms with Gasteiger partial charge >= 0.3 is 0 Å². The Morgan fingerprint density at radius 3 is 2.33 bits per heavy atom. The van der Waals surface area contributed by atoms with Gasteiger partial charge < -0.3 is 5.32 Å². The zero-order valence-corrected chi connectivity index (χ0v) is 18.0. The fraction of sp³-hybridized carbons (Fsp3) is 0.350. The summed E-state index contributed by atoms with van der Waals surface area (Å²) < 4.78 is 28.3. The predicted octanol–water partition coefficient (Wildman–Crippen LogP) is 3.94. The first kappa shape index (κ1) is 21.6. The van der Waals surface area contributed by atoms with E-state index in [-0.39, 0.29) is 29.9 Å². The summed E-state index contributed by atoms with van der Waals surface area (Å²) in [4.78, 5) is 12.6. The fourth-order valence-electron chi connectivity index (χ4n) is 2.75. The van der Waals surface area contributed by atoms with E-state index in [1.54, 1.807) is 12.1 Å². The van der Waals surface area contributed by atoms with Crippen LogP contribution in [0.5, 0.6) is 0 Å². The lowest BCUT2D eigenvalue weighted by Crippen LogP contribution is -2.43. The molecule has 0 spiro atoms. The van der Waals surface area contributed by atoms with Gasteiger partial charge in [0.15, 0.2) is 0 Å². The molecule has 0 fully saturated rings. The van der Waals surface area contributed by atoms with Gasteiger partial charge in [-0.1, -0.05) is 59.6 Å². The Bertz CT molecular complexity index is 839. The van der Waals surface area contributed by atoms with E-state index in [0.717, 1.165) is 22.9 Å². The number of halogens is 1. The molecule has 2 aromatic rings. The molecule has 0 radical (unpaired) electrons. The molecule has 0 bridgehead atoms. The maximum atomic E-state index is 13.1. The molecule has 0 aliphatic rings. The fourth-order valence-corrected chi connectivity index (χ4v) is 4.40. The van der Waals surface area contributed by atoms with Gasteiger partial charge in [0.25, 0.3) is 0 Å². The van der Waals surface area contributed by atoms with Crippen LogP contribution >= 0.6 is 15.9 Å². The lowest BCUT2D eigenvalue weighted by molar-refractivity contribution is -0.122. The van der Waals surface area contributed by atoms with Crippen LogP contribution in [0.25, 0.3) is 0 Å². The van der Waals surface area contributed by atoms with Crippen molar-refractivity contribution in [3.05, 3.63) is 64.6 Å². The number of nitrogens with one attached hydrogen (secondary N) is 1. The first-order valence-corrected chi connectivity index (χ1v) is 11.1. The van der Waals surface area contributed by atoms with Gasteiger partial charge in [-0.2, -0.15) is 4.31 Å². The van der Waals surface area contributed by atoms with Crippen molar-refractivity contribution >= 4 is 31.9 Å². The Labute approximate surface area is 170 Å². The molecule has 1 atom stereocenters. The van der Waals surface area contributed by atoms with Gasteiger partial charge in [0.05, 0.1) is 11.4 Å². The molecule has 0 heterocycles. The maximum absolute atomic E-state index is 13.1. The third-order valence-electron chi connectivity index (χ3n) is 4.10. The highest BCUT2D eigenvalue weighted by Gasteiger charge is 2.27. The van der Waals surface area contributed by atoms with Gasteiger partial charge in [0.1, 0.15) is 0 Å². The molecule has 0 saturated carbocycles. The van der Waals surface area contributed by atoms with Gasteiger partial charge in [-0.25, -0.2) is 8.42 Å². The molecule has 7 heteroatoms. The number of carbonyl (C=O) groups excluding carboxylic acids is 1. The van der Waals surface area contributed by atoms with Crippen LogP contribution in [0, 0.1) is 0 Å². The average Bonchev–Trinajstić information content (AvgIpc) is 2.62. The van der Waals surface area contributed by atoms with E-state index >= 15 is 0 Å². The molecule has 2 aromatic carbocycles. The lowest BCUT2D eigenvalue weighted by Gasteiger charge is -2.23. The smallest absolute Gasteiger partial charge is 0.243 e. The molecule has 0 saturated heterocycles. The summed E-state index contributed by atoms with van der Waals surface area (Å²) >= 11 is 3.31. The van der Waals surface area contributed by atoms with Crippen molar-refractivity contribution in [3.63, 3.8) is 0 Å². The molecule has 0 aliphatic carbocycles. The van der Waals surface area contributed by atoms with Gasteiger partial charge in [0.2, 0.25) is 15.9 Å². The summed E-state index contributed by atoms with van der Waals surface area (Å²) in [7, 11) is -3.81. The number of amides is 1. The van der Waals surface area contributed by atoms with Crippen LogP contribution in [0.3, 0.4) is 0 Å². The number of nitrogens with zero attached hydrogens (tertiary/aromatic N) is 1. The zero-order chi connectivity index (χ0) is 19.9. The largest absolute Gasteiger partial charge is 0.353 e. The Kier molecular flexibility index (Phi) is 8.01. The van der Waals surface area contributed by atoms with Gasteiger partial charge in [-0.3, -0.25) is 4.79 Å². The van der Waals surface area contributed by atoms with E-state index in [0.29, 0.717) is 0 Å². The highest BCUT2D eigenvalue weighted by Crippen LogP contribution is 2.20. The second-order valence-electron chi connectivity index (χ2n) is 6.47. The van der Waals surface area contributed by atoms with E-state index in [1.165, 1.54) is 16.4 Å². The van der Waals surface area contributed by atoms with Crippen molar-refractivity contribution in [1.29, 1.82) is 0 Å². The van der Waals surface area contributed by atoms with E-state index < -0.39 is 10.0 Å². The van der Waals surface area contributed by atoms with Crippen LogP contribution in [0.4, 0.5) is 0 Å². The van der Waals surface area contributed by atoms with Crippen molar-refractivity contribution in [3.8, 4) is 0 Å². The van der Waals surface area contributed by atoms with Crippen LogP contribution in [-0.2, 0) is 21.4 Å². The van der Waals surface area contributed by atoms with Gasteiger partial charge in [0, 0.05) is 17.1 Å². The van der Waals surface area contributed by atoms with Crippen molar-refractivity contribution < 1.29 is 13.2 Å². The Morgan fingerprint density at radius 1 is 1.11 bits per heavy atom. The van der Waals surface area contributed by atoms with Gasteiger partial charge in [-0.15, -0.1) is 0 Å². The van der Waals surface area contributed by atoms with Crippen LogP contribution in [0.15, 0.2) is 64.0 Å². The zero-order valence-electron chi connectivity index (χ0n) is 15.6. The number of benzene rings is 2. The second-order valence-corrected chi connectivity index (χ2v) is 9.32. The Morgan fingerprint density at radius 2 is 1.74 bits per heavy atom. The summed E-state index contributed by atoms with van der Waals surface area (Å²) in [6.07, 6.45) is 1.80. The number of sulfonamides is 1. The minimum absolute atomic E-state index is 0.0106. The molecule has 0 aliphatic heterocycles. The molecule has 27 heavy (non-hydrogen) atoms. The van der Waals surface area contributed by atoms with E-state index in [2.05, 4.69) is 21.2 Å². The number of hydrogen-bond acceptors (Lipinski definition) is 3. The molecule has 2 rings (SSSR count). The third kappa shape index (κ3) is 6.45. The second kappa shape index (κ2) is 10.0. The molecule has 0 aromatic heterocycles. The highest BCUT2D eigenvalue weighted by atomic mass is 79.9. The van der Waals surface area contributed by atoms with E-state index in [1.807, 2.05) is 44.2 Å². The van der Waals surface area contributed by atoms with Crippen molar-refractivity contribution in [2.75, 3.05) is 6.54 Å². The van der Waals surface area contributed by atoms with Crippen LogP contribution in [-0.4, -0.2) is 31.2 Å². The Balaban J connectivity index is 2.26. The molecular weight excluding hydrogens is 428 g/mol. The van der Waals surface area contributed by atoms with Gasteiger partial charge in [-0.05, 0) is 43.2 Å². The Hall–Kier alpha value is -1.70. The van der Waals surface area contributed by atoms with Crippen molar-refractivity contribution in [2.24, 2.45) is 0 Å². The summed E-state index contributed by atoms with van der Waals surface area (Å²) in [5, 5.41) is 2.88. The first-order chi connectivity index (χ1) is 12.8. The van der Waals surface area contributed by atoms with Crippen LogP contribution in [0.2, 0.25) is 0 Å². The van der Waals surface area contributed by atoms with Crippen LogP contribution in [0.1, 0.15) is 32.3 Å². The number of hydrogen-bond donors (Lipinski definition) is 1.